The highest BCUT2D eigenvalue weighted by molar-refractivity contribution is 6.07. The first kappa shape index (κ1) is 16.2. The summed E-state index contributed by atoms with van der Waals surface area (Å²) in [5.74, 6) is -0.502. The number of nitriles is 1. The standard InChI is InChI=1S/C14H14N4O5/c1-14(12(19)17(7-3-6-15)13(20)16-14)9-4-5-11(23-2)10(8-9)18(21)22/h4-5,8H,3,7H2,1-2H3,(H,16,20). The second-order valence-electron chi connectivity index (χ2n) is 5.06. The van der Waals surface area contributed by atoms with E-state index in [1.54, 1.807) is 0 Å². The van der Waals surface area contributed by atoms with Crippen molar-refractivity contribution in [3.8, 4) is 11.8 Å². The van der Waals surface area contributed by atoms with Crippen LogP contribution in [-0.2, 0) is 10.3 Å². The van der Waals surface area contributed by atoms with Gasteiger partial charge in [0.25, 0.3) is 5.91 Å². The summed E-state index contributed by atoms with van der Waals surface area (Å²) in [6, 6.07) is 5.28. The van der Waals surface area contributed by atoms with Crippen molar-refractivity contribution in [2.75, 3.05) is 13.7 Å². The number of imide groups is 1. The van der Waals surface area contributed by atoms with Gasteiger partial charge in [0.1, 0.15) is 5.54 Å². The Hall–Kier alpha value is -3.15. The van der Waals surface area contributed by atoms with Crippen LogP contribution >= 0.6 is 0 Å². The summed E-state index contributed by atoms with van der Waals surface area (Å²) in [5.41, 5.74) is -1.46. The Labute approximate surface area is 131 Å². The number of nitro benzene ring substituents is 1. The average Bonchev–Trinajstić information content (AvgIpc) is 2.75. The maximum atomic E-state index is 12.5. The van der Waals surface area contributed by atoms with Crippen LogP contribution < -0.4 is 10.1 Å². The predicted octanol–water partition coefficient (Wildman–Crippen LogP) is 1.28. The molecule has 0 aromatic heterocycles. The topological polar surface area (TPSA) is 126 Å². The molecule has 1 unspecified atom stereocenters. The highest BCUT2D eigenvalue weighted by Gasteiger charge is 2.49. The van der Waals surface area contributed by atoms with Crippen LogP contribution in [0.25, 0.3) is 0 Å². The summed E-state index contributed by atoms with van der Waals surface area (Å²) in [5, 5.41) is 22.2. The zero-order valence-corrected chi connectivity index (χ0v) is 12.5. The second-order valence-corrected chi connectivity index (χ2v) is 5.06. The third kappa shape index (κ3) is 2.66. The van der Waals surface area contributed by atoms with E-state index in [0.29, 0.717) is 0 Å². The van der Waals surface area contributed by atoms with Crippen LogP contribution in [0.15, 0.2) is 18.2 Å². The normalized spacial score (nSPS) is 20.1. The number of hydrogen-bond acceptors (Lipinski definition) is 6. The minimum absolute atomic E-state index is 0.0119. The number of nitro groups is 1. The number of methoxy groups -OCH3 is 1. The largest absolute Gasteiger partial charge is 0.490 e. The summed E-state index contributed by atoms with van der Waals surface area (Å²) < 4.78 is 4.92. The lowest BCUT2D eigenvalue weighted by Gasteiger charge is -2.22. The predicted molar refractivity (Wildman–Crippen MR) is 77.5 cm³/mol. The van der Waals surface area contributed by atoms with Gasteiger partial charge in [0.15, 0.2) is 5.75 Å². The molecule has 1 aliphatic rings. The minimum atomic E-state index is -1.43. The van der Waals surface area contributed by atoms with Crippen LogP contribution in [0.3, 0.4) is 0 Å². The summed E-state index contributed by atoms with van der Waals surface area (Å²) >= 11 is 0. The molecule has 3 amide bonds. The summed E-state index contributed by atoms with van der Waals surface area (Å²) in [6.45, 7) is 1.43. The van der Waals surface area contributed by atoms with E-state index in [4.69, 9.17) is 10.00 Å². The third-order valence-electron chi connectivity index (χ3n) is 3.68. The van der Waals surface area contributed by atoms with E-state index in [0.717, 1.165) is 4.90 Å². The highest BCUT2D eigenvalue weighted by Crippen LogP contribution is 2.35. The maximum absolute atomic E-state index is 12.5. The molecule has 1 heterocycles. The minimum Gasteiger partial charge on any atom is -0.490 e. The van der Waals surface area contributed by atoms with Gasteiger partial charge in [-0.2, -0.15) is 5.26 Å². The SMILES string of the molecule is COc1ccc(C2(C)NC(=O)N(CCC#N)C2=O)cc1[N+](=O)[O-]. The Bertz CT molecular complexity index is 726. The summed E-state index contributed by atoms with van der Waals surface area (Å²) in [6.07, 6.45) is 0.0119. The van der Waals surface area contributed by atoms with Crippen molar-refractivity contribution >= 4 is 17.6 Å². The number of nitrogens with one attached hydrogen (secondary N) is 1. The molecule has 23 heavy (non-hydrogen) atoms. The van der Waals surface area contributed by atoms with Crippen LogP contribution in [0.1, 0.15) is 18.9 Å². The molecule has 0 aliphatic carbocycles. The van der Waals surface area contributed by atoms with Gasteiger partial charge in [0, 0.05) is 12.6 Å². The molecular weight excluding hydrogens is 304 g/mol. The lowest BCUT2D eigenvalue weighted by molar-refractivity contribution is -0.385. The number of benzene rings is 1. The van der Waals surface area contributed by atoms with Gasteiger partial charge in [-0.25, -0.2) is 4.79 Å². The van der Waals surface area contributed by atoms with Gasteiger partial charge in [0.05, 0.1) is 24.5 Å². The van der Waals surface area contributed by atoms with Gasteiger partial charge in [-0.1, -0.05) is 6.07 Å². The fourth-order valence-electron chi connectivity index (χ4n) is 2.40. The van der Waals surface area contributed by atoms with Crippen molar-refractivity contribution in [3.63, 3.8) is 0 Å². The molecular formula is C14H14N4O5. The van der Waals surface area contributed by atoms with Crippen LogP contribution in [0.5, 0.6) is 5.75 Å². The zero-order chi connectivity index (χ0) is 17.2. The van der Waals surface area contributed by atoms with E-state index in [2.05, 4.69) is 5.32 Å². The van der Waals surface area contributed by atoms with E-state index in [1.165, 1.54) is 32.2 Å². The van der Waals surface area contributed by atoms with Crippen molar-refractivity contribution in [1.29, 1.82) is 5.26 Å². The lowest BCUT2D eigenvalue weighted by Crippen LogP contribution is -2.41. The Balaban J connectivity index is 2.43. The van der Waals surface area contributed by atoms with Crippen molar-refractivity contribution in [2.45, 2.75) is 18.9 Å². The molecule has 120 valence electrons. The number of ether oxygens (including phenoxy) is 1. The molecule has 2 rings (SSSR count). The fraction of sp³-hybridized carbons (Fsp3) is 0.357. The van der Waals surface area contributed by atoms with Crippen LogP contribution in [-0.4, -0.2) is 35.4 Å². The van der Waals surface area contributed by atoms with Crippen LogP contribution in [0.4, 0.5) is 10.5 Å². The van der Waals surface area contributed by atoms with E-state index in [9.17, 15) is 19.7 Å². The number of carbonyl (C=O) groups excluding carboxylic acids is 2. The molecule has 0 bridgehead atoms. The lowest BCUT2D eigenvalue weighted by atomic mass is 9.91. The molecule has 1 saturated heterocycles. The molecule has 0 radical (unpaired) electrons. The number of carbonyl (C=O) groups is 2. The number of urea groups is 1. The monoisotopic (exact) mass is 318 g/mol. The molecule has 1 atom stereocenters. The van der Waals surface area contributed by atoms with Gasteiger partial charge in [-0.05, 0) is 18.6 Å². The highest BCUT2D eigenvalue weighted by atomic mass is 16.6. The maximum Gasteiger partial charge on any atom is 0.325 e. The van der Waals surface area contributed by atoms with E-state index in [-0.39, 0.29) is 30.0 Å². The van der Waals surface area contributed by atoms with E-state index >= 15 is 0 Å². The van der Waals surface area contributed by atoms with Crippen LogP contribution in [0.2, 0.25) is 0 Å². The first-order valence-electron chi connectivity index (χ1n) is 6.69. The first-order chi connectivity index (χ1) is 10.8. The number of amides is 3. The summed E-state index contributed by atoms with van der Waals surface area (Å²) in [7, 11) is 1.30. The Morgan fingerprint density at radius 1 is 1.48 bits per heavy atom. The quantitative estimate of drug-likeness (QED) is 0.495. The molecule has 0 spiro atoms. The molecule has 1 aromatic carbocycles. The molecule has 0 saturated carbocycles. The number of nitrogens with zero attached hydrogens (tertiary/aromatic N) is 3. The molecule has 9 nitrogen and oxygen atoms in total. The van der Waals surface area contributed by atoms with Gasteiger partial charge in [-0.3, -0.25) is 19.8 Å². The molecule has 1 aromatic rings. The van der Waals surface area contributed by atoms with Crippen LogP contribution in [0, 0.1) is 21.4 Å². The van der Waals surface area contributed by atoms with Crippen molar-refractivity contribution < 1.29 is 19.2 Å². The smallest absolute Gasteiger partial charge is 0.325 e. The molecule has 1 N–H and O–H groups in total. The zero-order valence-electron chi connectivity index (χ0n) is 12.5. The molecule has 9 heteroatoms. The van der Waals surface area contributed by atoms with Crippen molar-refractivity contribution in [1.82, 2.24) is 10.2 Å². The number of hydrogen-bond donors (Lipinski definition) is 1. The Morgan fingerprint density at radius 3 is 2.74 bits per heavy atom. The van der Waals surface area contributed by atoms with Gasteiger partial charge in [0.2, 0.25) is 0 Å². The van der Waals surface area contributed by atoms with E-state index < -0.39 is 22.4 Å². The summed E-state index contributed by atoms with van der Waals surface area (Å²) in [4.78, 5) is 35.9. The van der Waals surface area contributed by atoms with Crippen molar-refractivity contribution in [3.05, 3.63) is 33.9 Å². The fourth-order valence-corrected chi connectivity index (χ4v) is 2.40. The first-order valence-corrected chi connectivity index (χ1v) is 6.69. The van der Waals surface area contributed by atoms with Crippen molar-refractivity contribution in [2.24, 2.45) is 0 Å². The molecule has 1 aliphatic heterocycles. The molecule has 1 fully saturated rings. The Kier molecular flexibility index (Phi) is 4.18. The third-order valence-corrected chi connectivity index (χ3v) is 3.68. The number of rotatable bonds is 5. The average molecular weight is 318 g/mol. The second kappa shape index (κ2) is 5.92. The van der Waals surface area contributed by atoms with Gasteiger partial charge < -0.3 is 10.1 Å². The van der Waals surface area contributed by atoms with Gasteiger partial charge >= 0.3 is 11.7 Å². The van der Waals surface area contributed by atoms with E-state index in [1.807, 2.05) is 6.07 Å². The Morgan fingerprint density at radius 2 is 2.17 bits per heavy atom. The van der Waals surface area contributed by atoms with Gasteiger partial charge in [-0.15, -0.1) is 0 Å².